The first-order valence-corrected chi connectivity index (χ1v) is 7.38. The molecule has 17 heavy (non-hydrogen) atoms. The van der Waals surface area contributed by atoms with Gasteiger partial charge in [0.05, 0.1) is 11.7 Å². The second-order valence-corrected chi connectivity index (χ2v) is 6.39. The fraction of sp³-hybridized carbons (Fsp3) is 0.500. The minimum atomic E-state index is 0.227. The Bertz CT molecular complexity index is 482. The lowest BCUT2D eigenvalue weighted by Gasteiger charge is -2.08. The number of hydrogen-bond donors (Lipinski definition) is 1. The van der Waals surface area contributed by atoms with Crippen molar-refractivity contribution in [2.75, 3.05) is 5.32 Å². The fourth-order valence-corrected chi connectivity index (χ4v) is 3.23. The third-order valence-electron chi connectivity index (χ3n) is 2.66. The Morgan fingerprint density at radius 3 is 2.65 bits per heavy atom. The molecule has 0 fully saturated rings. The molecule has 3 nitrogen and oxygen atoms in total. The Balaban J connectivity index is 2.08. The van der Waals surface area contributed by atoms with Crippen LogP contribution in [0.4, 0.5) is 5.13 Å². The number of hydrogen-bond acceptors (Lipinski definition) is 5. The van der Waals surface area contributed by atoms with Crippen LogP contribution in [0.25, 0.3) is 0 Å². The Morgan fingerprint density at radius 1 is 1.35 bits per heavy atom. The molecule has 0 saturated carbocycles. The fourth-order valence-electron chi connectivity index (χ4n) is 1.47. The van der Waals surface area contributed by atoms with Gasteiger partial charge in [0, 0.05) is 16.0 Å². The van der Waals surface area contributed by atoms with Gasteiger partial charge in [0.15, 0.2) is 5.13 Å². The maximum absolute atomic E-state index is 4.49. The molecule has 0 aliphatic carbocycles. The highest BCUT2D eigenvalue weighted by Crippen LogP contribution is 2.27. The molecule has 0 spiro atoms. The number of aromatic nitrogens is 2. The van der Waals surface area contributed by atoms with Crippen molar-refractivity contribution in [2.24, 2.45) is 0 Å². The van der Waals surface area contributed by atoms with Gasteiger partial charge >= 0.3 is 0 Å². The van der Waals surface area contributed by atoms with E-state index in [0.717, 1.165) is 22.3 Å². The number of anilines is 1. The summed E-state index contributed by atoms with van der Waals surface area (Å²) in [4.78, 5) is 11.5. The average Bonchev–Trinajstić information content (AvgIpc) is 2.87. The maximum Gasteiger partial charge on any atom is 0.183 e. The monoisotopic (exact) mass is 267 g/mol. The summed E-state index contributed by atoms with van der Waals surface area (Å²) >= 11 is 3.48. The summed E-state index contributed by atoms with van der Waals surface area (Å²) < 4.78 is 0. The normalized spacial score (nSPS) is 12.7. The van der Waals surface area contributed by atoms with E-state index in [4.69, 9.17) is 0 Å². The van der Waals surface area contributed by atoms with Crippen LogP contribution in [0.3, 0.4) is 0 Å². The lowest BCUT2D eigenvalue weighted by molar-refractivity contribution is 0.865. The zero-order valence-corrected chi connectivity index (χ0v) is 12.2. The lowest BCUT2D eigenvalue weighted by Crippen LogP contribution is -2.05. The molecule has 1 atom stereocenters. The first-order chi connectivity index (χ1) is 8.10. The van der Waals surface area contributed by atoms with Gasteiger partial charge in [-0.25, -0.2) is 9.97 Å². The quantitative estimate of drug-likeness (QED) is 0.911. The van der Waals surface area contributed by atoms with Crippen molar-refractivity contribution in [1.29, 1.82) is 0 Å². The lowest BCUT2D eigenvalue weighted by atomic mass is 10.4. The van der Waals surface area contributed by atoms with E-state index in [0.29, 0.717) is 0 Å². The second kappa shape index (κ2) is 5.14. The SMILES string of the molecule is CCc1cnc(C(C)Nc2nc(C)c(C)s2)s1. The predicted octanol–water partition coefficient (Wildman–Crippen LogP) is 3.95. The van der Waals surface area contributed by atoms with E-state index in [9.17, 15) is 0 Å². The summed E-state index contributed by atoms with van der Waals surface area (Å²) in [7, 11) is 0. The topological polar surface area (TPSA) is 37.8 Å². The zero-order valence-electron chi connectivity index (χ0n) is 10.6. The Hall–Kier alpha value is -0.940. The van der Waals surface area contributed by atoms with Crippen LogP contribution in [0, 0.1) is 13.8 Å². The Kier molecular flexibility index (Phi) is 3.79. The van der Waals surface area contributed by atoms with Crippen molar-refractivity contribution in [3.8, 4) is 0 Å². The van der Waals surface area contributed by atoms with Gasteiger partial charge in [-0.05, 0) is 27.2 Å². The van der Waals surface area contributed by atoms with Gasteiger partial charge in [-0.15, -0.1) is 22.7 Å². The van der Waals surface area contributed by atoms with E-state index < -0.39 is 0 Å². The summed E-state index contributed by atoms with van der Waals surface area (Å²) in [5.41, 5.74) is 1.11. The summed E-state index contributed by atoms with van der Waals surface area (Å²) in [6.45, 7) is 8.43. The second-order valence-electron chi connectivity index (χ2n) is 4.05. The first-order valence-electron chi connectivity index (χ1n) is 5.75. The molecule has 1 N–H and O–H groups in total. The molecule has 0 aliphatic heterocycles. The molecule has 0 bridgehead atoms. The number of nitrogens with zero attached hydrogens (tertiary/aromatic N) is 2. The molecule has 2 aromatic heterocycles. The van der Waals surface area contributed by atoms with Crippen LogP contribution in [0.1, 0.15) is 40.3 Å². The molecule has 0 aliphatic rings. The van der Waals surface area contributed by atoms with Crippen LogP contribution in [-0.2, 0) is 6.42 Å². The molecule has 0 aromatic carbocycles. The highest BCUT2D eigenvalue weighted by atomic mass is 32.1. The van der Waals surface area contributed by atoms with E-state index in [1.54, 1.807) is 22.7 Å². The van der Waals surface area contributed by atoms with Crippen molar-refractivity contribution in [3.63, 3.8) is 0 Å². The van der Waals surface area contributed by atoms with Crippen molar-refractivity contribution in [3.05, 3.63) is 26.7 Å². The number of aryl methyl sites for hydroxylation is 3. The van der Waals surface area contributed by atoms with Gasteiger partial charge in [-0.2, -0.15) is 0 Å². The van der Waals surface area contributed by atoms with Crippen LogP contribution in [0.5, 0.6) is 0 Å². The maximum atomic E-state index is 4.49. The van der Waals surface area contributed by atoms with Crippen molar-refractivity contribution >= 4 is 27.8 Å². The number of thiazole rings is 2. The summed E-state index contributed by atoms with van der Waals surface area (Å²) in [5.74, 6) is 0. The van der Waals surface area contributed by atoms with E-state index in [-0.39, 0.29) is 6.04 Å². The van der Waals surface area contributed by atoms with E-state index >= 15 is 0 Å². The smallest absolute Gasteiger partial charge is 0.183 e. The van der Waals surface area contributed by atoms with Gasteiger partial charge in [-0.3, -0.25) is 0 Å². The molecule has 5 heteroatoms. The molecular formula is C12H17N3S2. The van der Waals surface area contributed by atoms with Crippen molar-refractivity contribution in [2.45, 2.75) is 40.2 Å². The number of nitrogens with one attached hydrogen (secondary N) is 1. The van der Waals surface area contributed by atoms with Gasteiger partial charge in [0.25, 0.3) is 0 Å². The summed E-state index contributed by atoms with van der Waals surface area (Å²) in [6, 6.07) is 0.227. The molecule has 2 aromatic rings. The molecule has 92 valence electrons. The Morgan fingerprint density at radius 2 is 2.12 bits per heavy atom. The predicted molar refractivity (Wildman–Crippen MR) is 75.1 cm³/mol. The van der Waals surface area contributed by atoms with Crippen LogP contribution in [-0.4, -0.2) is 9.97 Å². The molecule has 2 heterocycles. The molecule has 0 radical (unpaired) electrons. The zero-order chi connectivity index (χ0) is 12.4. The third kappa shape index (κ3) is 2.84. The van der Waals surface area contributed by atoms with Crippen molar-refractivity contribution in [1.82, 2.24) is 9.97 Å². The average molecular weight is 267 g/mol. The molecular weight excluding hydrogens is 250 g/mol. The Labute approximate surface area is 110 Å². The van der Waals surface area contributed by atoms with Crippen molar-refractivity contribution < 1.29 is 0 Å². The van der Waals surface area contributed by atoms with Gasteiger partial charge in [0.2, 0.25) is 0 Å². The van der Waals surface area contributed by atoms with Gasteiger partial charge in [0.1, 0.15) is 5.01 Å². The van der Waals surface area contributed by atoms with Gasteiger partial charge in [-0.1, -0.05) is 6.92 Å². The third-order valence-corrected chi connectivity index (χ3v) is 4.99. The molecule has 2 rings (SSSR count). The van der Waals surface area contributed by atoms with Crippen LogP contribution < -0.4 is 5.32 Å². The molecule has 1 unspecified atom stereocenters. The molecule has 0 amide bonds. The standard InChI is InChI=1S/C12H17N3S2/c1-5-10-6-13-11(17-10)8(3)15-12-14-7(2)9(4)16-12/h6,8H,5H2,1-4H3,(H,14,15). The highest BCUT2D eigenvalue weighted by Gasteiger charge is 2.12. The summed E-state index contributed by atoms with van der Waals surface area (Å²) in [6.07, 6.45) is 3.02. The number of rotatable bonds is 4. The largest absolute Gasteiger partial charge is 0.353 e. The first kappa shape index (κ1) is 12.5. The van der Waals surface area contributed by atoms with Gasteiger partial charge < -0.3 is 5.32 Å². The van der Waals surface area contributed by atoms with Crippen LogP contribution in [0.2, 0.25) is 0 Å². The van der Waals surface area contributed by atoms with Crippen LogP contribution in [0.15, 0.2) is 6.20 Å². The van der Waals surface area contributed by atoms with E-state index in [1.807, 2.05) is 13.1 Å². The minimum absolute atomic E-state index is 0.227. The summed E-state index contributed by atoms with van der Waals surface area (Å²) in [5, 5.41) is 5.53. The highest BCUT2D eigenvalue weighted by molar-refractivity contribution is 7.15. The molecule has 0 saturated heterocycles. The minimum Gasteiger partial charge on any atom is -0.353 e. The van der Waals surface area contributed by atoms with E-state index in [2.05, 4.69) is 36.1 Å². The van der Waals surface area contributed by atoms with E-state index in [1.165, 1.54) is 9.75 Å². The van der Waals surface area contributed by atoms with Crippen LogP contribution >= 0.6 is 22.7 Å².